The fourth-order valence-electron chi connectivity index (χ4n) is 3.81. The second-order valence-electron chi connectivity index (χ2n) is 7.03. The van der Waals surface area contributed by atoms with Crippen LogP contribution in [0.1, 0.15) is 30.0 Å². The van der Waals surface area contributed by atoms with Crippen LogP contribution < -0.4 is 4.90 Å². The van der Waals surface area contributed by atoms with Crippen LogP contribution in [0.15, 0.2) is 18.3 Å². The van der Waals surface area contributed by atoms with Gasteiger partial charge in [0.15, 0.2) is 0 Å². The highest BCUT2D eigenvalue weighted by Gasteiger charge is 2.22. The van der Waals surface area contributed by atoms with Gasteiger partial charge in [0.1, 0.15) is 6.07 Å². The number of hydrogen-bond acceptors (Lipinski definition) is 6. The number of ether oxygens (including phenoxy) is 1. The van der Waals surface area contributed by atoms with E-state index < -0.39 is 0 Å². The summed E-state index contributed by atoms with van der Waals surface area (Å²) in [6.07, 6.45) is 2.61. The monoisotopic (exact) mass is 366 g/mol. The average Bonchev–Trinajstić information content (AvgIpc) is 2.86. The van der Waals surface area contributed by atoms with Gasteiger partial charge >= 0.3 is 5.97 Å². The van der Waals surface area contributed by atoms with Gasteiger partial charge < -0.3 is 9.64 Å². The van der Waals surface area contributed by atoms with Crippen molar-refractivity contribution in [2.24, 2.45) is 0 Å². The molecule has 1 aliphatic rings. The lowest BCUT2D eigenvalue weighted by atomic mass is 10.0. The summed E-state index contributed by atoms with van der Waals surface area (Å²) in [4.78, 5) is 20.7. The molecule has 1 saturated heterocycles. The van der Waals surface area contributed by atoms with Gasteiger partial charge in [0.25, 0.3) is 0 Å². The second kappa shape index (κ2) is 8.36. The Morgan fingerprint density at radius 1 is 1.26 bits per heavy atom. The molecule has 27 heavy (non-hydrogen) atoms. The van der Waals surface area contributed by atoms with Crippen LogP contribution in [-0.4, -0.2) is 55.2 Å². The van der Waals surface area contributed by atoms with Crippen LogP contribution in [0.2, 0.25) is 0 Å². The van der Waals surface area contributed by atoms with E-state index in [9.17, 15) is 10.1 Å². The van der Waals surface area contributed by atoms with Crippen LogP contribution in [0.25, 0.3) is 10.9 Å². The summed E-state index contributed by atoms with van der Waals surface area (Å²) < 4.78 is 5.07. The van der Waals surface area contributed by atoms with Gasteiger partial charge in [-0.05, 0) is 38.8 Å². The first-order valence-corrected chi connectivity index (χ1v) is 9.46. The summed E-state index contributed by atoms with van der Waals surface area (Å²) >= 11 is 0. The number of aryl methyl sites for hydroxylation is 2. The Kier molecular flexibility index (Phi) is 5.92. The molecule has 2 aromatic rings. The Labute approximate surface area is 160 Å². The number of esters is 1. The van der Waals surface area contributed by atoms with Crippen molar-refractivity contribution >= 4 is 22.6 Å². The van der Waals surface area contributed by atoms with Crippen molar-refractivity contribution < 1.29 is 9.53 Å². The molecule has 0 radical (unpaired) electrons. The van der Waals surface area contributed by atoms with Crippen LogP contribution in [-0.2, 0) is 9.53 Å². The quantitative estimate of drug-likeness (QED) is 0.775. The van der Waals surface area contributed by atoms with Gasteiger partial charge in [-0.2, -0.15) is 5.26 Å². The number of carbonyl (C=O) groups is 1. The molecule has 142 valence electrons. The zero-order valence-corrected chi connectivity index (χ0v) is 16.3. The first kappa shape index (κ1) is 19.1. The molecule has 0 unspecified atom stereocenters. The summed E-state index contributed by atoms with van der Waals surface area (Å²) in [5.41, 5.74) is 4.80. The molecule has 1 aromatic carbocycles. The highest BCUT2D eigenvalue weighted by atomic mass is 16.5. The third-order valence-electron chi connectivity index (χ3n) is 4.96. The minimum absolute atomic E-state index is 0.177. The van der Waals surface area contributed by atoms with Crippen LogP contribution >= 0.6 is 0 Å². The third kappa shape index (κ3) is 4.20. The van der Waals surface area contributed by atoms with Gasteiger partial charge in [-0.15, -0.1) is 0 Å². The maximum atomic E-state index is 11.8. The smallest absolute Gasteiger partial charge is 0.320 e. The number of pyridine rings is 1. The second-order valence-corrected chi connectivity index (χ2v) is 7.03. The van der Waals surface area contributed by atoms with Gasteiger partial charge in [0.05, 0.1) is 29.9 Å². The normalized spacial score (nSPS) is 15.4. The number of anilines is 1. The molecule has 6 heteroatoms. The number of benzene rings is 1. The van der Waals surface area contributed by atoms with E-state index in [1.54, 1.807) is 6.20 Å². The lowest BCUT2D eigenvalue weighted by Crippen LogP contribution is -2.35. The largest absolute Gasteiger partial charge is 0.465 e. The van der Waals surface area contributed by atoms with Crippen LogP contribution in [0.5, 0.6) is 0 Å². The number of aromatic nitrogens is 1. The maximum Gasteiger partial charge on any atom is 0.320 e. The molecule has 0 bridgehead atoms. The molecular weight excluding hydrogens is 340 g/mol. The van der Waals surface area contributed by atoms with E-state index in [1.807, 2.05) is 6.92 Å². The predicted octanol–water partition coefficient (Wildman–Crippen LogP) is 2.80. The lowest BCUT2D eigenvalue weighted by Gasteiger charge is -2.26. The highest BCUT2D eigenvalue weighted by Crippen LogP contribution is 2.32. The van der Waals surface area contributed by atoms with Gasteiger partial charge in [-0.3, -0.25) is 14.7 Å². The Hall–Kier alpha value is -2.65. The van der Waals surface area contributed by atoms with Crippen molar-refractivity contribution in [1.82, 2.24) is 9.88 Å². The number of nitrogens with zero attached hydrogens (tertiary/aromatic N) is 4. The van der Waals surface area contributed by atoms with Crippen LogP contribution in [0.3, 0.4) is 0 Å². The molecule has 0 saturated carbocycles. The Bertz CT molecular complexity index is 888. The average molecular weight is 366 g/mol. The minimum Gasteiger partial charge on any atom is -0.465 e. The first-order chi connectivity index (χ1) is 13.0. The van der Waals surface area contributed by atoms with Gasteiger partial charge in [-0.25, -0.2) is 0 Å². The molecule has 0 amide bonds. The summed E-state index contributed by atoms with van der Waals surface area (Å²) in [6, 6.07) is 6.55. The molecule has 2 heterocycles. The maximum absolute atomic E-state index is 11.8. The molecule has 0 atom stereocenters. The van der Waals surface area contributed by atoms with Gasteiger partial charge in [-0.1, -0.05) is 11.6 Å². The van der Waals surface area contributed by atoms with Crippen LogP contribution in [0.4, 0.5) is 5.69 Å². The van der Waals surface area contributed by atoms with E-state index in [4.69, 9.17) is 4.74 Å². The number of carbonyl (C=O) groups excluding carboxylic acids is 1. The molecule has 1 aromatic heterocycles. The minimum atomic E-state index is -0.177. The summed E-state index contributed by atoms with van der Waals surface area (Å²) in [7, 11) is 0. The van der Waals surface area contributed by atoms with E-state index >= 15 is 0 Å². The third-order valence-corrected chi connectivity index (χ3v) is 4.96. The Balaban J connectivity index is 1.91. The first-order valence-electron chi connectivity index (χ1n) is 9.46. The van der Waals surface area contributed by atoms with E-state index in [2.05, 4.69) is 46.8 Å². The Morgan fingerprint density at radius 2 is 2.07 bits per heavy atom. The molecular formula is C21H26N4O2. The van der Waals surface area contributed by atoms with E-state index in [-0.39, 0.29) is 5.97 Å². The predicted molar refractivity (Wildman–Crippen MR) is 106 cm³/mol. The van der Waals surface area contributed by atoms with Crippen molar-refractivity contribution in [2.75, 3.05) is 44.2 Å². The lowest BCUT2D eigenvalue weighted by molar-refractivity contribution is -0.144. The Morgan fingerprint density at radius 3 is 2.81 bits per heavy atom. The fraction of sp³-hybridized carbons (Fsp3) is 0.476. The molecule has 1 fully saturated rings. The summed E-state index contributed by atoms with van der Waals surface area (Å²) in [5, 5.41) is 10.7. The highest BCUT2D eigenvalue weighted by molar-refractivity contribution is 5.96. The summed E-state index contributed by atoms with van der Waals surface area (Å²) in [5.74, 6) is -0.177. The zero-order chi connectivity index (χ0) is 19.4. The van der Waals surface area contributed by atoms with Crippen molar-refractivity contribution in [1.29, 1.82) is 5.26 Å². The van der Waals surface area contributed by atoms with Crippen LogP contribution in [0, 0.1) is 25.2 Å². The van der Waals surface area contributed by atoms with E-state index in [0.29, 0.717) is 18.7 Å². The van der Waals surface area contributed by atoms with Gasteiger partial charge in [0, 0.05) is 37.8 Å². The number of rotatable bonds is 4. The number of fused-ring (bicyclic) bond motifs is 1. The molecule has 0 N–H and O–H groups in total. The van der Waals surface area contributed by atoms with Crippen molar-refractivity contribution in [3.05, 3.63) is 35.0 Å². The molecule has 1 aliphatic heterocycles. The zero-order valence-electron chi connectivity index (χ0n) is 16.3. The van der Waals surface area contributed by atoms with Crippen molar-refractivity contribution in [2.45, 2.75) is 27.2 Å². The molecule has 0 aliphatic carbocycles. The van der Waals surface area contributed by atoms with Crippen molar-refractivity contribution in [3.63, 3.8) is 0 Å². The van der Waals surface area contributed by atoms with E-state index in [1.165, 1.54) is 0 Å². The summed E-state index contributed by atoms with van der Waals surface area (Å²) in [6.45, 7) is 9.90. The fourth-order valence-corrected chi connectivity index (χ4v) is 3.81. The van der Waals surface area contributed by atoms with Gasteiger partial charge in [0.2, 0.25) is 0 Å². The number of nitriles is 1. The topological polar surface area (TPSA) is 69.5 Å². The molecule has 6 nitrogen and oxygen atoms in total. The molecule has 0 spiro atoms. The van der Waals surface area contributed by atoms with E-state index in [0.717, 1.165) is 60.3 Å². The molecule has 3 rings (SSSR count). The SMILES string of the molecule is CCOC(=O)CN1CCCN(c2c(C#N)cnc3c(C)cc(C)cc23)CC1. The standard InChI is InChI=1S/C21H26N4O2/c1-4-27-19(26)14-24-6-5-7-25(9-8-24)21-17(12-22)13-23-20-16(3)10-15(2)11-18(20)21/h10-11,13H,4-9,14H2,1-3H3. The number of hydrogen-bond donors (Lipinski definition) is 0. The van der Waals surface area contributed by atoms with Crippen molar-refractivity contribution in [3.8, 4) is 6.07 Å².